The molecule has 1 aliphatic heterocycles. The fraction of sp³-hybridized carbons (Fsp3) is 0.462. The fourth-order valence-electron chi connectivity index (χ4n) is 2.27. The maximum Gasteiger partial charge on any atom is 0.310 e. The highest BCUT2D eigenvalue weighted by atomic mass is 35.5. The Morgan fingerprint density at radius 1 is 1.62 bits per heavy atom. The Balaban J connectivity index is 2.20. The van der Waals surface area contributed by atoms with Crippen LogP contribution in [0, 0.1) is 10.1 Å². The Bertz CT molecular complexity index is 551. The number of esters is 1. The Morgan fingerprint density at radius 3 is 3.05 bits per heavy atom. The smallest absolute Gasteiger partial charge is 0.310 e. The molecule has 8 heteroatoms. The lowest BCUT2D eigenvalue weighted by Crippen LogP contribution is -2.43. The first kappa shape index (κ1) is 15.5. The summed E-state index contributed by atoms with van der Waals surface area (Å²) in [7, 11) is 1.31. The van der Waals surface area contributed by atoms with E-state index in [0.29, 0.717) is 25.4 Å². The summed E-state index contributed by atoms with van der Waals surface area (Å²) >= 11 is 5.91. The van der Waals surface area contributed by atoms with Gasteiger partial charge in [-0.25, -0.2) is 0 Å². The number of nitro benzene ring substituents is 1. The van der Waals surface area contributed by atoms with Crippen molar-refractivity contribution in [3.05, 3.63) is 33.3 Å². The lowest BCUT2D eigenvalue weighted by atomic mass is 10.1. The maximum absolute atomic E-state index is 11.3. The number of methoxy groups -OCH3 is 1. The second-order valence-electron chi connectivity index (χ2n) is 4.58. The maximum atomic E-state index is 11.3. The van der Waals surface area contributed by atoms with E-state index in [-0.39, 0.29) is 29.2 Å². The van der Waals surface area contributed by atoms with E-state index < -0.39 is 4.92 Å². The Hall–Kier alpha value is -1.86. The molecule has 1 saturated heterocycles. The molecule has 21 heavy (non-hydrogen) atoms. The van der Waals surface area contributed by atoms with Crippen LogP contribution >= 0.6 is 11.6 Å². The van der Waals surface area contributed by atoms with Gasteiger partial charge in [0.2, 0.25) is 0 Å². The monoisotopic (exact) mass is 314 g/mol. The summed E-state index contributed by atoms with van der Waals surface area (Å²) in [5.41, 5.74) is 0.309. The SMILES string of the molecule is COC(=O)CC1CN(c2cccc(Cl)c2[N+](=O)[O-])CCO1. The standard InChI is InChI=1S/C13H15ClN2O5/c1-20-12(17)7-9-8-15(5-6-21-9)11-4-2-3-10(14)13(11)16(18)19/h2-4,9H,5-8H2,1H3. The van der Waals surface area contributed by atoms with Gasteiger partial charge in [-0.2, -0.15) is 0 Å². The third-order valence-electron chi connectivity index (χ3n) is 3.25. The van der Waals surface area contributed by atoms with E-state index in [9.17, 15) is 14.9 Å². The first-order valence-electron chi connectivity index (χ1n) is 6.39. The Labute approximate surface area is 126 Å². The summed E-state index contributed by atoms with van der Waals surface area (Å²) in [6, 6.07) is 4.79. The number of halogens is 1. The topological polar surface area (TPSA) is 81.9 Å². The number of carbonyl (C=O) groups is 1. The fourth-order valence-corrected chi connectivity index (χ4v) is 2.51. The second-order valence-corrected chi connectivity index (χ2v) is 4.99. The van der Waals surface area contributed by atoms with Crippen molar-refractivity contribution in [2.75, 3.05) is 31.7 Å². The Morgan fingerprint density at radius 2 is 2.38 bits per heavy atom. The minimum Gasteiger partial charge on any atom is -0.469 e. The van der Waals surface area contributed by atoms with Gasteiger partial charge in [0.15, 0.2) is 0 Å². The molecular formula is C13H15ClN2O5. The number of anilines is 1. The summed E-state index contributed by atoms with van der Waals surface area (Å²) < 4.78 is 10.1. The van der Waals surface area contributed by atoms with Crippen LogP contribution in [-0.2, 0) is 14.3 Å². The van der Waals surface area contributed by atoms with Crippen molar-refractivity contribution < 1.29 is 19.2 Å². The quantitative estimate of drug-likeness (QED) is 0.480. The van der Waals surface area contributed by atoms with Crippen molar-refractivity contribution >= 4 is 28.9 Å². The average Bonchev–Trinajstić information content (AvgIpc) is 2.46. The van der Waals surface area contributed by atoms with E-state index in [1.807, 2.05) is 0 Å². The molecule has 0 bridgehead atoms. The molecule has 1 aromatic carbocycles. The zero-order valence-electron chi connectivity index (χ0n) is 11.5. The van der Waals surface area contributed by atoms with Gasteiger partial charge in [0.05, 0.1) is 31.2 Å². The number of nitro groups is 1. The molecule has 2 rings (SSSR count). The summed E-state index contributed by atoms with van der Waals surface area (Å²) in [6.45, 7) is 1.25. The molecule has 0 spiro atoms. The average molecular weight is 315 g/mol. The van der Waals surface area contributed by atoms with Gasteiger partial charge in [-0.05, 0) is 12.1 Å². The molecular weight excluding hydrogens is 300 g/mol. The summed E-state index contributed by atoms with van der Waals surface area (Å²) in [5, 5.41) is 11.3. The molecule has 1 fully saturated rings. The van der Waals surface area contributed by atoms with Gasteiger partial charge >= 0.3 is 11.7 Å². The molecule has 114 valence electrons. The highest BCUT2D eigenvalue weighted by Gasteiger charge is 2.28. The first-order valence-corrected chi connectivity index (χ1v) is 6.77. The number of rotatable bonds is 4. The lowest BCUT2D eigenvalue weighted by molar-refractivity contribution is -0.384. The summed E-state index contributed by atoms with van der Waals surface area (Å²) in [4.78, 5) is 23.8. The van der Waals surface area contributed by atoms with Crippen LogP contribution in [0.25, 0.3) is 0 Å². The Kier molecular flexibility index (Phi) is 4.98. The minimum absolute atomic E-state index is 0.0912. The van der Waals surface area contributed by atoms with Crippen molar-refractivity contribution in [1.82, 2.24) is 0 Å². The molecule has 7 nitrogen and oxygen atoms in total. The van der Waals surface area contributed by atoms with Crippen molar-refractivity contribution in [2.24, 2.45) is 0 Å². The predicted octanol–water partition coefficient (Wildman–Crippen LogP) is 2.02. The molecule has 0 saturated carbocycles. The van der Waals surface area contributed by atoms with Crippen LogP contribution in [0.3, 0.4) is 0 Å². The number of para-hydroxylation sites is 1. The highest BCUT2D eigenvalue weighted by molar-refractivity contribution is 6.33. The second kappa shape index (κ2) is 6.73. The van der Waals surface area contributed by atoms with Gasteiger partial charge in [0.1, 0.15) is 10.7 Å². The third-order valence-corrected chi connectivity index (χ3v) is 3.55. The van der Waals surface area contributed by atoms with Crippen LogP contribution in [0.1, 0.15) is 6.42 Å². The molecule has 0 aliphatic carbocycles. The molecule has 1 aliphatic rings. The van der Waals surface area contributed by atoms with Crippen molar-refractivity contribution in [2.45, 2.75) is 12.5 Å². The number of hydrogen-bond donors (Lipinski definition) is 0. The molecule has 1 aromatic rings. The van der Waals surface area contributed by atoms with E-state index in [1.54, 1.807) is 17.0 Å². The van der Waals surface area contributed by atoms with Crippen LogP contribution in [0.15, 0.2) is 18.2 Å². The van der Waals surface area contributed by atoms with Crippen LogP contribution in [0.2, 0.25) is 5.02 Å². The van der Waals surface area contributed by atoms with E-state index in [4.69, 9.17) is 16.3 Å². The molecule has 1 unspecified atom stereocenters. The minimum atomic E-state index is -0.498. The third kappa shape index (κ3) is 3.62. The number of morpholine rings is 1. The normalized spacial score (nSPS) is 18.4. The van der Waals surface area contributed by atoms with Crippen LogP contribution in [0.5, 0.6) is 0 Å². The van der Waals surface area contributed by atoms with Crippen molar-refractivity contribution in [3.63, 3.8) is 0 Å². The number of hydrogen-bond acceptors (Lipinski definition) is 6. The molecule has 1 heterocycles. The van der Waals surface area contributed by atoms with Crippen LogP contribution in [0.4, 0.5) is 11.4 Å². The van der Waals surface area contributed by atoms with Gasteiger partial charge in [-0.15, -0.1) is 0 Å². The first-order chi connectivity index (χ1) is 10.0. The summed E-state index contributed by atoms with van der Waals surface area (Å²) in [5.74, 6) is -0.373. The van der Waals surface area contributed by atoms with E-state index in [2.05, 4.69) is 4.74 Å². The van der Waals surface area contributed by atoms with Gasteiger partial charge in [0, 0.05) is 13.1 Å². The lowest BCUT2D eigenvalue weighted by Gasteiger charge is -2.33. The van der Waals surface area contributed by atoms with Crippen LogP contribution < -0.4 is 4.90 Å². The van der Waals surface area contributed by atoms with E-state index in [1.165, 1.54) is 13.2 Å². The molecule has 0 aromatic heterocycles. The van der Waals surface area contributed by atoms with Crippen LogP contribution in [-0.4, -0.2) is 43.8 Å². The van der Waals surface area contributed by atoms with E-state index >= 15 is 0 Å². The largest absolute Gasteiger partial charge is 0.469 e. The van der Waals surface area contributed by atoms with Gasteiger partial charge in [-0.1, -0.05) is 17.7 Å². The van der Waals surface area contributed by atoms with Gasteiger partial charge in [0.25, 0.3) is 0 Å². The summed E-state index contributed by atoms with van der Waals surface area (Å²) in [6.07, 6.45) is -0.244. The number of carbonyl (C=O) groups excluding carboxylic acids is 1. The zero-order valence-corrected chi connectivity index (χ0v) is 12.2. The number of ether oxygens (including phenoxy) is 2. The highest BCUT2D eigenvalue weighted by Crippen LogP contribution is 2.35. The molecule has 0 radical (unpaired) electrons. The van der Waals surface area contributed by atoms with Crippen molar-refractivity contribution in [1.29, 1.82) is 0 Å². The van der Waals surface area contributed by atoms with Crippen molar-refractivity contribution in [3.8, 4) is 0 Å². The molecule has 1 atom stereocenters. The molecule has 0 amide bonds. The molecule has 0 N–H and O–H groups in total. The van der Waals surface area contributed by atoms with Gasteiger partial charge in [-0.3, -0.25) is 14.9 Å². The zero-order chi connectivity index (χ0) is 15.4. The number of nitrogens with zero attached hydrogens (tertiary/aromatic N) is 2. The predicted molar refractivity (Wildman–Crippen MR) is 76.7 cm³/mol. The van der Waals surface area contributed by atoms with Gasteiger partial charge < -0.3 is 14.4 Å². The number of benzene rings is 1. The van der Waals surface area contributed by atoms with E-state index in [0.717, 1.165) is 0 Å².